The van der Waals surface area contributed by atoms with E-state index in [-0.39, 0.29) is 11.7 Å². The highest BCUT2D eigenvalue weighted by Crippen LogP contribution is 2.35. The minimum atomic E-state index is -0.0785. The quantitative estimate of drug-likeness (QED) is 0.354. The third-order valence-corrected chi connectivity index (χ3v) is 6.66. The number of phenolic OH excluding ortho intramolecular Hbond substituents is 1. The van der Waals surface area contributed by atoms with Gasteiger partial charge in [-0.15, -0.1) is 0 Å². The maximum absolute atomic E-state index is 13.4. The fourth-order valence-corrected chi connectivity index (χ4v) is 4.87. The molecule has 3 aromatic carbocycles. The van der Waals surface area contributed by atoms with Crippen LogP contribution in [0.5, 0.6) is 11.5 Å². The summed E-state index contributed by atoms with van der Waals surface area (Å²) in [5.74, 6) is 0.864. The van der Waals surface area contributed by atoms with E-state index in [9.17, 15) is 9.90 Å². The number of aliphatic imine (C=N–C) groups is 1. The van der Waals surface area contributed by atoms with E-state index in [1.165, 1.54) is 11.8 Å². The number of thioether (sulfide) groups is 1. The number of aromatic amines is 1. The first-order chi connectivity index (χ1) is 16.6. The van der Waals surface area contributed by atoms with Crippen molar-refractivity contribution in [2.45, 2.75) is 6.42 Å². The van der Waals surface area contributed by atoms with Gasteiger partial charge in [0, 0.05) is 23.6 Å². The maximum Gasteiger partial charge on any atom is 0.266 e. The Balaban J connectivity index is 1.45. The molecule has 0 radical (unpaired) electrons. The van der Waals surface area contributed by atoms with Crippen molar-refractivity contribution in [2.75, 3.05) is 13.7 Å². The SMILES string of the molecule is COc1ccc(N=C2S/C(=C/c3ccc(O)cc3)C(=O)N2CCc2c[nH]c3ccccc23)cc1. The summed E-state index contributed by atoms with van der Waals surface area (Å²) in [4.78, 5) is 23.8. The third-order valence-electron chi connectivity index (χ3n) is 5.66. The van der Waals surface area contributed by atoms with Crippen molar-refractivity contribution in [3.63, 3.8) is 0 Å². The molecule has 1 aliphatic rings. The maximum atomic E-state index is 13.4. The van der Waals surface area contributed by atoms with Crippen LogP contribution in [-0.2, 0) is 11.2 Å². The molecule has 1 fully saturated rings. The third kappa shape index (κ3) is 4.56. The van der Waals surface area contributed by atoms with Crippen LogP contribution in [0, 0.1) is 0 Å². The molecular formula is C27H23N3O3S. The predicted octanol–water partition coefficient (Wildman–Crippen LogP) is 5.73. The number of amides is 1. The number of aromatic nitrogens is 1. The summed E-state index contributed by atoms with van der Waals surface area (Å²) >= 11 is 1.36. The number of hydrogen-bond acceptors (Lipinski definition) is 5. The summed E-state index contributed by atoms with van der Waals surface area (Å²) in [6.45, 7) is 0.510. The van der Waals surface area contributed by atoms with Gasteiger partial charge in [-0.1, -0.05) is 30.3 Å². The highest BCUT2D eigenvalue weighted by Gasteiger charge is 2.33. The van der Waals surface area contributed by atoms with E-state index >= 15 is 0 Å². The summed E-state index contributed by atoms with van der Waals surface area (Å²) in [5.41, 5.74) is 3.84. The van der Waals surface area contributed by atoms with E-state index < -0.39 is 0 Å². The van der Waals surface area contributed by atoms with E-state index in [0.29, 0.717) is 23.0 Å². The molecule has 0 spiro atoms. The number of phenols is 1. The lowest BCUT2D eigenvalue weighted by Gasteiger charge is -2.15. The summed E-state index contributed by atoms with van der Waals surface area (Å²) in [7, 11) is 1.62. The summed E-state index contributed by atoms with van der Waals surface area (Å²) in [6.07, 6.45) is 4.54. The van der Waals surface area contributed by atoms with Crippen molar-refractivity contribution < 1.29 is 14.6 Å². The Bertz CT molecular complexity index is 1390. The molecule has 0 bridgehead atoms. The van der Waals surface area contributed by atoms with Gasteiger partial charge in [0.25, 0.3) is 5.91 Å². The summed E-state index contributed by atoms with van der Waals surface area (Å²) in [6, 6.07) is 22.4. The van der Waals surface area contributed by atoms with Crippen LogP contribution in [0.3, 0.4) is 0 Å². The van der Waals surface area contributed by atoms with Gasteiger partial charge in [-0.25, -0.2) is 4.99 Å². The number of carbonyl (C=O) groups excluding carboxylic acids is 1. The normalized spacial score (nSPS) is 16.1. The van der Waals surface area contributed by atoms with Gasteiger partial charge in [0.2, 0.25) is 0 Å². The van der Waals surface area contributed by atoms with E-state index in [4.69, 9.17) is 9.73 Å². The Labute approximate surface area is 201 Å². The number of H-pyrrole nitrogens is 1. The molecule has 34 heavy (non-hydrogen) atoms. The smallest absolute Gasteiger partial charge is 0.266 e. The minimum Gasteiger partial charge on any atom is -0.508 e. The fraction of sp³-hybridized carbons (Fsp3) is 0.111. The van der Waals surface area contributed by atoms with Crippen molar-refractivity contribution in [1.82, 2.24) is 9.88 Å². The Morgan fingerprint density at radius 3 is 2.59 bits per heavy atom. The van der Waals surface area contributed by atoms with Crippen molar-refractivity contribution in [2.24, 2.45) is 4.99 Å². The number of rotatable bonds is 6. The first kappa shape index (κ1) is 21.9. The van der Waals surface area contributed by atoms with Crippen LogP contribution in [0.15, 0.2) is 88.9 Å². The molecule has 0 aliphatic carbocycles. The molecule has 6 nitrogen and oxygen atoms in total. The second-order valence-electron chi connectivity index (χ2n) is 7.86. The van der Waals surface area contributed by atoms with Crippen LogP contribution in [0.25, 0.3) is 17.0 Å². The Hall–Kier alpha value is -3.97. The van der Waals surface area contributed by atoms with Gasteiger partial charge in [-0.2, -0.15) is 0 Å². The molecule has 0 saturated carbocycles. The minimum absolute atomic E-state index is 0.0785. The molecule has 1 saturated heterocycles. The lowest BCUT2D eigenvalue weighted by molar-refractivity contribution is -0.122. The zero-order valence-electron chi connectivity index (χ0n) is 18.6. The van der Waals surface area contributed by atoms with Crippen LogP contribution >= 0.6 is 11.8 Å². The van der Waals surface area contributed by atoms with Crippen LogP contribution in [0.4, 0.5) is 5.69 Å². The highest BCUT2D eigenvalue weighted by atomic mass is 32.2. The molecule has 1 aromatic heterocycles. The second kappa shape index (κ2) is 9.49. The summed E-state index contributed by atoms with van der Waals surface area (Å²) in [5, 5.41) is 11.4. The Kier molecular flexibility index (Phi) is 6.10. The molecule has 5 rings (SSSR count). The number of amidine groups is 1. The molecule has 4 aromatic rings. The number of aromatic hydroxyl groups is 1. The standard InChI is InChI=1S/C27H23N3O3S/c1-33-22-12-8-20(9-13-22)29-27-30(15-14-19-17-28-24-5-3-2-4-23(19)24)26(32)25(34-27)16-18-6-10-21(31)11-7-18/h2-13,16-17,28,31H,14-15H2,1H3/b25-16+,29-27?. The van der Waals surface area contributed by atoms with Crippen molar-refractivity contribution in [3.05, 3.63) is 95.0 Å². The highest BCUT2D eigenvalue weighted by molar-refractivity contribution is 8.18. The molecule has 170 valence electrons. The summed E-state index contributed by atoms with van der Waals surface area (Å²) < 4.78 is 5.24. The number of fused-ring (bicyclic) bond motifs is 1. The number of carbonyl (C=O) groups is 1. The van der Waals surface area contributed by atoms with Crippen LogP contribution in [0.2, 0.25) is 0 Å². The molecular weight excluding hydrogens is 446 g/mol. The van der Waals surface area contributed by atoms with Crippen LogP contribution < -0.4 is 4.74 Å². The van der Waals surface area contributed by atoms with Crippen LogP contribution in [0.1, 0.15) is 11.1 Å². The van der Waals surface area contributed by atoms with Crippen LogP contribution in [-0.4, -0.2) is 39.7 Å². The lowest BCUT2D eigenvalue weighted by atomic mass is 10.1. The van der Waals surface area contributed by atoms with Gasteiger partial charge in [0.05, 0.1) is 17.7 Å². The molecule has 7 heteroatoms. The average molecular weight is 470 g/mol. The van der Waals surface area contributed by atoms with Gasteiger partial charge in [0.15, 0.2) is 5.17 Å². The molecule has 2 heterocycles. The van der Waals surface area contributed by atoms with E-state index in [1.807, 2.05) is 54.7 Å². The van der Waals surface area contributed by atoms with Gasteiger partial charge in [-0.05, 0) is 77.9 Å². The number of benzene rings is 3. The molecule has 2 N–H and O–H groups in total. The molecule has 1 amide bonds. The first-order valence-corrected chi connectivity index (χ1v) is 11.7. The Morgan fingerprint density at radius 1 is 1.06 bits per heavy atom. The monoisotopic (exact) mass is 469 g/mol. The zero-order chi connectivity index (χ0) is 23.5. The number of ether oxygens (including phenoxy) is 1. The number of nitrogens with zero attached hydrogens (tertiary/aromatic N) is 2. The van der Waals surface area contributed by atoms with E-state index in [1.54, 1.807) is 36.3 Å². The molecule has 0 atom stereocenters. The van der Waals surface area contributed by atoms with E-state index in [0.717, 1.165) is 33.5 Å². The largest absolute Gasteiger partial charge is 0.508 e. The number of nitrogens with one attached hydrogen (secondary N) is 1. The lowest BCUT2D eigenvalue weighted by Crippen LogP contribution is -2.31. The van der Waals surface area contributed by atoms with Gasteiger partial charge >= 0.3 is 0 Å². The number of hydrogen-bond donors (Lipinski definition) is 2. The van der Waals surface area contributed by atoms with Gasteiger partial charge in [0.1, 0.15) is 11.5 Å². The average Bonchev–Trinajstić information content (AvgIpc) is 3.40. The molecule has 0 unspecified atom stereocenters. The van der Waals surface area contributed by atoms with Crippen molar-refractivity contribution in [3.8, 4) is 11.5 Å². The first-order valence-electron chi connectivity index (χ1n) is 10.9. The Morgan fingerprint density at radius 2 is 1.82 bits per heavy atom. The number of methoxy groups -OCH3 is 1. The fourth-order valence-electron chi connectivity index (χ4n) is 3.85. The van der Waals surface area contributed by atoms with Gasteiger partial charge < -0.3 is 14.8 Å². The number of para-hydroxylation sites is 1. The zero-order valence-corrected chi connectivity index (χ0v) is 19.4. The van der Waals surface area contributed by atoms with Crippen molar-refractivity contribution >= 4 is 45.5 Å². The van der Waals surface area contributed by atoms with E-state index in [2.05, 4.69) is 11.1 Å². The van der Waals surface area contributed by atoms with Crippen molar-refractivity contribution in [1.29, 1.82) is 0 Å². The topological polar surface area (TPSA) is 77.9 Å². The molecule has 1 aliphatic heterocycles. The van der Waals surface area contributed by atoms with Gasteiger partial charge in [-0.3, -0.25) is 9.69 Å². The predicted molar refractivity (Wildman–Crippen MR) is 137 cm³/mol. The second-order valence-corrected chi connectivity index (χ2v) is 8.87.